The minimum atomic E-state index is -4.37. The molecule has 0 atom stereocenters. The molecule has 0 amide bonds. The summed E-state index contributed by atoms with van der Waals surface area (Å²) in [5.41, 5.74) is 2.14. The number of aromatic nitrogens is 4. The fourth-order valence-corrected chi connectivity index (χ4v) is 2.21. The van der Waals surface area contributed by atoms with Crippen molar-refractivity contribution in [3.05, 3.63) is 65.6 Å². The van der Waals surface area contributed by atoms with E-state index in [-0.39, 0.29) is 5.95 Å². The first-order valence-corrected chi connectivity index (χ1v) is 7.45. The number of aryl methyl sites for hydroxylation is 1. The van der Waals surface area contributed by atoms with Crippen LogP contribution in [0.5, 0.6) is 0 Å². The van der Waals surface area contributed by atoms with Crippen molar-refractivity contribution in [2.75, 3.05) is 5.32 Å². The Kier molecular flexibility index (Phi) is 4.60. The standard InChI is InChI=1S/C17H14F3N5/c1-11-3-2-8-21-14(11)9-22-16-24-15(10-23-25-16)12-4-6-13(7-5-12)17(18,19)20/h2-8,10H,9H2,1H3,(H,22,24,25). The Morgan fingerprint density at radius 1 is 1.08 bits per heavy atom. The first-order chi connectivity index (χ1) is 11.9. The molecule has 25 heavy (non-hydrogen) atoms. The molecule has 1 N–H and O–H groups in total. The molecule has 0 aliphatic heterocycles. The van der Waals surface area contributed by atoms with Crippen LogP contribution in [0.4, 0.5) is 19.1 Å². The molecule has 0 radical (unpaired) electrons. The monoisotopic (exact) mass is 345 g/mol. The summed E-state index contributed by atoms with van der Waals surface area (Å²) in [5.74, 6) is 0.280. The number of nitrogens with zero attached hydrogens (tertiary/aromatic N) is 4. The Morgan fingerprint density at radius 2 is 1.84 bits per heavy atom. The second-order valence-corrected chi connectivity index (χ2v) is 5.36. The van der Waals surface area contributed by atoms with E-state index in [4.69, 9.17) is 0 Å². The molecule has 3 aromatic rings. The Morgan fingerprint density at radius 3 is 2.52 bits per heavy atom. The van der Waals surface area contributed by atoms with E-state index < -0.39 is 11.7 Å². The van der Waals surface area contributed by atoms with Crippen LogP contribution in [-0.2, 0) is 12.7 Å². The van der Waals surface area contributed by atoms with Gasteiger partial charge in [-0.1, -0.05) is 18.2 Å². The van der Waals surface area contributed by atoms with Gasteiger partial charge in [0.25, 0.3) is 0 Å². The van der Waals surface area contributed by atoms with Crippen LogP contribution in [0, 0.1) is 6.92 Å². The van der Waals surface area contributed by atoms with Crippen LogP contribution in [-0.4, -0.2) is 20.2 Å². The Bertz CT molecular complexity index is 863. The fraction of sp³-hybridized carbons (Fsp3) is 0.176. The highest BCUT2D eigenvalue weighted by Gasteiger charge is 2.30. The number of benzene rings is 1. The lowest BCUT2D eigenvalue weighted by molar-refractivity contribution is -0.137. The normalized spacial score (nSPS) is 11.4. The van der Waals surface area contributed by atoms with Crippen LogP contribution < -0.4 is 5.32 Å². The third-order valence-corrected chi connectivity index (χ3v) is 3.60. The molecule has 0 spiro atoms. The third kappa shape index (κ3) is 4.09. The highest BCUT2D eigenvalue weighted by atomic mass is 19.4. The van der Waals surface area contributed by atoms with E-state index in [0.29, 0.717) is 17.8 Å². The van der Waals surface area contributed by atoms with Gasteiger partial charge in [-0.2, -0.15) is 18.3 Å². The second-order valence-electron chi connectivity index (χ2n) is 5.36. The van der Waals surface area contributed by atoms with E-state index in [1.54, 1.807) is 6.20 Å². The van der Waals surface area contributed by atoms with Gasteiger partial charge >= 0.3 is 6.18 Å². The van der Waals surface area contributed by atoms with Crippen LogP contribution in [0.15, 0.2) is 48.8 Å². The number of anilines is 1. The summed E-state index contributed by atoms with van der Waals surface area (Å²) in [6.07, 6.45) is -1.27. The molecule has 5 nitrogen and oxygen atoms in total. The predicted octanol–water partition coefficient (Wildman–Crippen LogP) is 3.87. The fourth-order valence-electron chi connectivity index (χ4n) is 2.21. The first kappa shape index (κ1) is 16.8. The van der Waals surface area contributed by atoms with Crippen molar-refractivity contribution < 1.29 is 13.2 Å². The van der Waals surface area contributed by atoms with Crippen molar-refractivity contribution in [1.82, 2.24) is 20.2 Å². The van der Waals surface area contributed by atoms with Crippen molar-refractivity contribution in [1.29, 1.82) is 0 Å². The molecule has 1 aromatic carbocycles. The maximum atomic E-state index is 12.6. The molecule has 3 rings (SSSR count). The zero-order chi connectivity index (χ0) is 17.9. The average molecular weight is 345 g/mol. The van der Waals surface area contributed by atoms with Gasteiger partial charge in [-0.15, -0.1) is 5.10 Å². The lowest BCUT2D eigenvalue weighted by Gasteiger charge is -2.09. The molecule has 0 aliphatic rings. The number of hydrogen-bond acceptors (Lipinski definition) is 5. The topological polar surface area (TPSA) is 63.6 Å². The molecule has 0 aliphatic carbocycles. The lowest BCUT2D eigenvalue weighted by atomic mass is 10.1. The minimum absolute atomic E-state index is 0.280. The summed E-state index contributed by atoms with van der Waals surface area (Å²) < 4.78 is 37.9. The number of alkyl halides is 3. The predicted molar refractivity (Wildman–Crippen MR) is 86.6 cm³/mol. The highest BCUT2D eigenvalue weighted by Crippen LogP contribution is 2.30. The summed E-state index contributed by atoms with van der Waals surface area (Å²) in [7, 11) is 0. The van der Waals surface area contributed by atoms with E-state index in [1.165, 1.54) is 18.3 Å². The van der Waals surface area contributed by atoms with Gasteiger partial charge in [-0.25, -0.2) is 4.98 Å². The number of hydrogen-bond donors (Lipinski definition) is 1. The summed E-state index contributed by atoms with van der Waals surface area (Å²) in [4.78, 5) is 8.55. The third-order valence-electron chi connectivity index (χ3n) is 3.60. The van der Waals surface area contributed by atoms with Gasteiger partial charge in [0.05, 0.1) is 29.7 Å². The van der Waals surface area contributed by atoms with Gasteiger partial charge in [-0.3, -0.25) is 4.98 Å². The summed E-state index contributed by atoms with van der Waals surface area (Å²) in [6, 6.07) is 8.55. The van der Waals surface area contributed by atoms with E-state index >= 15 is 0 Å². The van der Waals surface area contributed by atoms with Gasteiger partial charge < -0.3 is 5.32 Å². The molecular formula is C17H14F3N5. The van der Waals surface area contributed by atoms with Crippen molar-refractivity contribution in [2.24, 2.45) is 0 Å². The molecule has 128 valence electrons. The van der Waals surface area contributed by atoms with Gasteiger partial charge in [0.2, 0.25) is 5.95 Å². The number of halogens is 3. The Labute approximate surface area is 142 Å². The van der Waals surface area contributed by atoms with Crippen LogP contribution in [0.1, 0.15) is 16.8 Å². The molecule has 0 unspecified atom stereocenters. The summed E-state index contributed by atoms with van der Waals surface area (Å²) >= 11 is 0. The maximum absolute atomic E-state index is 12.6. The second kappa shape index (κ2) is 6.84. The smallest absolute Gasteiger partial charge is 0.347 e. The minimum Gasteiger partial charge on any atom is -0.347 e. The lowest BCUT2D eigenvalue weighted by Crippen LogP contribution is -2.08. The summed E-state index contributed by atoms with van der Waals surface area (Å²) in [6.45, 7) is 2.37. The number of pyridine rings is 1. The highest BCUT2D eigenvalue weighted by molar-refractivity contribution is 5.59. The molecule has 0 bridgehead atoms. The van der Waals surface area contributed by atoms with Crippen LogP contribution in [0.2, 0.25) is 0 Å². The molecule has 0 saturated carbocycles. The van der Waals surface area contributed by atoms with Crippen LogP contribution >= 0.6 is 0 Å². The van der Waals surface area contributed by atoms with Crippen LogP contribution in [0.25, 0.3) is 11.3 Å². The largest absolute Gasteiger partial charge is 0.416 e. The molecule has 0 saturated heterocycles. The van der Waals surface area contributed by atoms with E-state index in [9.17, 15) is 13.2 Å². The molecular weight excluding hydrogens is 331 g/mol. The van der Waals surface area contributed by atoms with E-state index in [1.807, 2.05) is 19.1 Å². The Balaban J connectivity index is 1.76. The van der Waals surface area contributed by atoms with Gasteiger partial charge in [0.15, 0.2) is 0 Å². The van der Waals surface area contributed by atoms with Crippen molar-refractivity contribution in [3.8, 4) is 11.3 Å². The van der Waals surface area contributed by atoms with E-state index in [0.717, 1.165) is 23.4 Å². The van der Waals surface area contributed by atoms with Gasteiger partial charge in [-0.05, 0) is 30.7 Å². The molecule has 2 heterocycles. The van der Waals surface area contributed by atoms with Crippen molar-refractivity contribution in [2.45, 2.75) is 19.6 Å². The van der Waals surface area contributed by atoms with Crippen molar-refractivity contribution in [3.63, 3.8) is 0 Å². The van der Waals surface area contributed by atoms with Crippen LogP contribution in [0.3, 0.4) is 0 Å². The van der Waals surface area contributed by atoms with Gasteiger partial charge in [0, 0.05) is 11.8 Å². The zero-order valence-electron chi connectivity index (χ0n) is 13.2. The molecule has 0 fully saturated rings. The Hall–Kier alpha value is -3.03. The number of rotatable bonds is 4. The SMILES string of the molecule is Cc1cccnc1CNc1nncc(-c2ccc(C(F)(F)F)cc2)n1. The summed E-state index contributed by atoms with van der Waals surface area (Å²) in [5, 5.41) is 10.8. The van der Waals surface area contributed by atoms with Gasteiger partial charge in [0.1, 0.15) is 0 Å². The number of nitrogens with one attached hydrogen (secondary N) is 1. The zero-order valence-corrected chi connectivity index (χ0v) is 13.2. The quantitative estimate of drug-likeness (QED) is 0.778. The van der Waals surface area contributed by atoms with E-state index in [2.05, 4.69) is 25.5 Å². The maximum Gasteiger partial charge on any atom is 0.416 e. The molecule has 8 heteroatoms. The molecule has 2 aromatic heterocycles. The van der Waals surface area contributed by atoms with Crippen molar-refractivity contribution >= 4 is 5.95 Å². The average Bonchev–Trinajstić information content (AvgIpc) is 2.61. The first-order valence-electron chi connectivity index (χ1n) is 7.45.